The summed E-state index contributed by atoms with van der Waals surface area (Å²) in [5, 5.41) is 2.80. The number of benzene rings is 3. The zero-order chi connectivity index (χ0) is 22.4. The smallest absolute Gasteiger partial charge is 0.251 e. The van der Waals surface area contributed by atoms with Crippen LogP contribution >= 0.6 is 0 Å². The molecule has 0 atom stereocenters. The predicted molar refractivity (Wildman–Crippen MR) is 119 cm³/mol. The summed E-state index contributed by atoms with van der Waals surface area (Å²) < 4.78 is 40.9. The molecule has 3 aromatic rings. The fourth-order valence-corrected chi connectivity index (χ4v) is 4.01. The van der Waals surface area contributed by atoms with E-state index in [9.17, 15) is 17.6 Å². The molecular weight excluding hydrogens is 417 g/mol. The number of rotatable bonds is 8. The lowest BCUT2D eigenvalue weighted by atomic mass is 10.1. The summed E-state index contributed by atoms with van der Waals surface area (Å²) in [5.74, 6) is -0.673. The Kier molecular flexibility index (Phi) is 7.04. The van der Waals surface area contributed by atoms with E-state index >= 15 is 0 Å². The number of carbonyl (C=O) groups excluding carboxylic acids is 1. The van der Waals surface area contributed by atoms with Gasteiger partial charge in [-0.3, -0.25) is 4.79 Å². The summed E-state index contributed by atoms with van der Waals surface area (Å²) in [7, 11) is 0.0522. The number of hydrogen-bond acceptors (Lipinski definition) is 4. The van der Waals surface area contributed by atoms with Gasteiger partial charge in [-0.1, -0.05) is 24.3 Å². The third-order valence-electron chi connectivity index (χ3n) is 4.66. The Morgan fingerprint density at radius 3 is 2.19 bits per heavy atom. The van der Waals surface area contributed by atoms with Gasteiger partial charge in [0.1, 0.15) is 5.82 Å². The van der Waals surface area contributed by atoms with Crippen molar-refractivity contribution >= 4 is 21.6 Å². The van der Waals surface area contributed by atoms with Gasteiger partial charge >= 0.3 is 0 Å². The van der Waals surface area contributed by atoms with Crippen LogP contribution in [0.5, 0.6) is 0 Å². The van der Waals surface area contributed by atoms with Crippen molar-refractivity contribution in [3.05, 3.63) is 95.3 Å². The molecule has 0 aliphatic carbocycles. The average Bonchev–Trinajstić information content (AvgIpc) is 2.76. The Balaban J connectivity index is 1.63. The van der Waals surface area contributed by atoms with Crippen LogP contribution in [0.1, 0.15) is 21.5 Å². The van der Waals surface area contributed by atoms with Crippen LogP contribution in [0.4, 0.5) is 10.1 Å². The summed E-state index contributed by atoms with van der Waals surface area (Å²) in [6, 6.07) is 19.3. The largest absolute Gasteiger partial charge is 0.378 e. The Hall–Kier alpha value is -3.23. The maximum Gasteiger partial charge on any atom is 0.251 e. The van der Waals surface area contributed by atoms with Crippen molar-refractivity contribution in [2.75, 3.05) is 19.0 Å². The van der Waals surface area contributed by atoms with Crippen molar-refractivity contribution in [1.29, 1.82) is 0 Å². The van der Waals surface area contributed by atoms with Gasteiger partial charge in [0.05, 0.1) is 4.90 Å². The van der Waals surface area contributed by atoms with Crippen LogP contribution in [0.3, 0.4) is 0 Å². The van der Waals surface area contributed by atoms with Crippen LogP contribution in [0.2, 0.25) is 0 Å². The average molecular weight is 442 g/mol. The van der Waals surface area contributed by atoms with Gasteiger partial charge in [0.2, 0.25) is 10.0 Å². The molecule has 0 saturated heterocycles. The molecule has 0 unspecified atom stereocenters. The standard InChI is InChI=1S/C23H24FN3O3S/c1-27(2)21-11-9-19(10-12-21)23(28)25-15-18-6-4-8-22(14-18)31(29,30)26-16-17-5-3-7-20(24)13-17/h3-14,26H,15-16H2,1-2H3,(H,25,28). The Bertz CT molecular complexity index is 1160. The monoisotopic (exact) mass is 441 g/mol. The van der Waals surface area contributed by atoms with Gasteiger partial charge in [0.15, 0.2) is 0 Å². The molecule has 31 heavy (non-hydrogen) atoms. The van der Waals surface area contributed by atoms with E-state index in [-0.39, 0.29) is 23.9 Å². The van der Waals surface area contributed by atoms with E-state index in [1.807, 2.05) is 31.1 Å². The number of sulfonamides is 1. The summed E-state index contributed by atoms with van der Waals surface area (Å²) in [5.41, 5.74) is 2.67. The second-order valence-corrected chi connectivity index (χ2v) is 8.99. The van der Waals surface area contributed by atoms with Crippen LogP contribution in [0.25, 0.3) is 0 Å². The number of hydrogen-bond donors (Lipinski definition) is 2. The van der Waals surface area contributed by atoms with Crippen LogP contribution in [0, 0.1) is 5.82 Å². The Morgan fingerprint density at radius 2 is 1.55 bits per heavy atom. The highest BCUT2D eigenvalue weighted by atomic mass is 32.2. The number of amides is 1. The maximum absolute atomic E-state index is 13.3. The molecule has 3 aromatic carbocycles. The third kappa shape index (κ3) is 6.13. The lowest BCUT2D eigenvalue weighted by Crippen LogP contribution is -2.25. The molecule has 2 N–H and O–H groups in total. The second-order valence-electron chi connectivity index (χ2n) is 7.23. The molecule has 0 saturated carbocycles. The number of halogens is 1. The van der Waals surface area contributed by atoms with Crippen molar-refractivity contribution in [1.82, 2.24) is 10.0 Å². The molecule has 0 spiro atoms. The van der Waals surface area contributed by atoms with E-state index < -0.39 is 15.8 Å². The number of carbonyl (C=O) groups is 1. The first kappa shape index (κ1) is 22.5. The van der Waals surface area contributed by atoms with Gasteiger partial charge in [-0.25, -0.2) is 17.5 Å². The third-order valence-corrected chi connectivity index (χ3v) is 6.06. The van der Waals surface area contributed by atoms with Gasteiger partial charge in [-0.05, 0) is 59.7 Å². The summed E-state index contributed by atoms with van der Waals surface area (Å²) >= 11 is 0. The van der Waals surface area contributed by atoms with Gasteiger partial charge in [0.25, 0.3) is 5.91 Å². The molecule has 162 valence electrons. The minimum atomic E-state index is -3.79. The number of nitrogens with zero attached hydrogens (tertiary/aromatic N) is 1. The first-order valence-electron chi connectivity index (χ1n) is 9.63. The fraction of sp³-hybridized carbons (Fsp3) is 0.174. The first-order chi connectivity index (χ1) is 14.7. The van der Waals surface area contributed by atoms with Gasteiger partial charge in [-0.2, -0.15) is 0 Å². The molecule has 0 aromatic heterocycles. The minimum Gasteiger partial charge on any atom is -0.378 e. The van der Waals surface area contributed by atoms with E-state index in [0.717, 1.165) is 5.69 Å². The number of anilines is 1. The van der Waals surface area contributed by atoms with Gasteiger partial charge in [-0.15, -0.1) is 0 Å². The second kappa shape index (κ2) is 9.72. The molecule has 0 bridgehead atoms. The summed E-state index contributed by atoms with van der Waals surface area (Å²) in [6.45, 7) is 0.158. The van der Waals surface area contributed by atoms with E-state index in [4.69, 9.17) is 0 Å². The number of nitrogens with one attached hydrogen (secondary N) is 2. The molecule has 3 rings (SSSR count). The zero-order valence-electron chi connectivity index (χ0n) is 17.3. The molecule has 8 heteroatoms. The molecule has 6 nitrogen and oxygen atoms in total. The highest BCUT2D eigenvalue weighted by Crippen LogP contribution is 2.14. The minimum absolute atomic E-state index is 0.0238. The van der Waals surface area contributed by atoms with Crippen LogP contribution < -0.4 is 14.9 Å². The Morgan fingerprint density at radius 1 is 0.903 bits per heavy atom. The summed E-state index contributed by atoms with van der Waals surface area (Å²) in [6.07, 6.45) is 0. The first-order valence-corrected chi connectivity index (χ1v) is 11.1. The normalized spacial score (nSPS) is 11.2. The van der Waals surface area contributed by atoms with Crippen molar-refractivity contribution in [2.24, 2.45) is 0 Å². The van der Waals surface area contributed by atoms with Crippen LogP contribution in [0.15, 0.2) is 77.7 Å². The van der Waals surface area contributed by atoms with Crippen LogP contribution in [-0.2, 0) is 23.1 Å². The molecule has 0 fully saturated rings. The van der Waals surface area contributed by atoms with Crippen molar-refractivity contribution < 1.29 is 17.6 Å². The molecule has 0 radical (unpaired) electrons. The molecular formula is C23H24FN3O3S. The molecule has 0 aliphatic rings. The molecule has 1 amide bonds. The van der Waals surface area contributed by atoms with Gasteiger partial charge in [0, 0.05) is 38.4 Å². The fourth-order valence-electron chi connectivity index (χ4n) is 2.93. The van der Waals surface area contributed by atoms with Gasteiger partial charge < -0.3 is 10.2 Å². The predicted octanol–water partition coefficient (Wildman–Crippen LogP) is 3.30. The van der Waals surface area contributed by atoms with Crippen LogP contribution in [-0.4, -0.2) is 28.4 Å². The highest BCUT2D eigenvalue weighted by molar-refractivity contribution is 7.89. The van der Waals surface area contributed by atoms with E-state index in [0.29, 0.717) is 16.7 Å². The van der Waals surface area contributed by atoms with E-state index in [2.05, 4.69) is 10.0 Å². The molecule has 0 heterocycles. The lowest BCUT2D eigenvalue weighted by Gasteiger charge is -2.13. The highest BCUT2D eigenvalue weighted by Gasteiger charge is 2.15. The summed E-state index contributed by atoms with van der Waals surface area (Å²) in [4.78, 5) is 14.4. The topological polar surface area (TPSA) is 78.5 Å². The maximum atomic E-state index is 13.3. The lowest BCUT2D eigenvalue weighted by molar-refractivity contribution is 0.0951. The van der Waals surface area contributed by atoms with E-state index in [1.54, 1.807) is 30.3 Å². The quantitative estimate of drug-likeness (QED) is 0.562. The van der Waals surface area contributed by atoms with Crippen molar-refractivity contribution in [3.8, 4) is 0 Å². The van der Waals surface area contributed by atoms with Crippen molar-refractivity contribution in [3.63, 3.8) is 0 Å². The van der Waals surface area contributed by atoms with E-state index in [1.165, 1.54) is 30.3 Å². The Labute approximate surface area is 181 Å². The zero-order valence-corrected chi connectivity index (χ0v) is 18.1. The SMILES string of the molecule is CN(C)c1ccc(C(=O)NCc2cccc(S(=O)(=O)NCc3cccc(F)c3)c2)cc1. The van der Waals surface area contributed by atoms with Crippen molar-refractivity contribution in [2.45, 2.75) is 18.0 Å². The molecule has 0 aliphatic heterocycles.